The normalized spacial score (nSPS) is 10.3. The van der Waals surface area contributed by atoms with Crippen LogP contribution in [0, 0.1) is 12.7 Å². The summed E-state index contributed by atoms with van der Waals surface area (Å²) in [6.07, 6.45) is 3.09. The number of hydrogen-bond acceptors (Lipinski definition) is 6. The average molecular weight is 310 g/mol. The van der Waals surface area contributed by atoms with Gasteiger partial charge < -0.3 is 16.4 Å². The number of nitrogens with zero attached hydrogens (tertiary/aromatic N) is 3. The molecule has 0 atom stereocenters. The molecule has 7 heteroatoms. The fraction of sp³-hybridized carbons (Fsp3) is 0.0625. The van der Waals surface area contributed by atoms with Crippen molar-refractivity contribution in [3.8, 4) is 0 Å². The molecule has 6 nitrogen and oxygen atoms in total. The Kier molecular flexibility index (Phi) is 4.01. The van der Waals surface area contributed by atoms with Crippen molar-refractivity contribution in [2.45, 2.75) is 6.92 Å². The maximum atomic E-state index is 12.9. The molecule has 0 radical (unpaired) electrons. The molecule has 23 heavy (non-hydrogen) atoms. The van der Waals surface area contributed by atoms with Crippen LogP contribution in [0.15, 0.2) is 48.9 Å². The lowest BCUT2D eigenvalue weighted by Crippen LogP contribution is -2.05. The van der Waals surface area contributed by atoms with Crippen LogP contribution in [0.3, 0.4) is 0 Å². The van der Waals surface area contributed by atoms with Crippen molar-refractivity contribution < 1.29 is 4.39 Å². The highest BCUT2D eigenvalue weighted by molar-refractivity contribution is 5.79. The number of pyridine rings is 1. The van der Waals surface area contributed by atoms with E-state index in [0.717, 1.165) is 5.56 Å². The van der Waals surface area contributed by atoms with Gasteiger partial charge in [0.1, 0.15) is 23.6 Å². The molecule has 0 aliphatic rings. The molecular weight excluding hydrogens is 295 g/mol. The first-order valence-corrected chi connectivity index (χ1v) is 6.94. The number of aromatic nitrogens is 3. The number of anilines is 5. The van der Waals surface area contributed by atoms with Gasteiger partial charge in [0.25, 0.3) is 0 Å². The molecule has 1 aromatic carbocycles. The van der Waals surface area contributed by atoms with E-state index in [1.165, 1.54) is 18.5 Å². The molecule has 0 amide bonds. The molecule has 0 fully saturated rings. The smallest absolute Gasteiger partial charge is 0.160 e. The molecule has 0 aliphatic heterocycles. The van der Waals surface area contributed by atoms with Crippen molar-refractivity contribution in [3.05, 3.63) is 60.3 Å². The van der Waals surface area contributed by atoms with Crippen LogP contribution in [-0.2, 0) is 0 Å². The van der Waals surface area contributed by atoms with Crippen LogP contribution in [0.5, 0.6) is 0 Å². The minimum absolute atomic E-state index is 0.306. The molecule has 0 saturated carbocycles. The Balaban J connectivity index is 1.84. The number of benzene rings is 1. The third kappa shape index (κ3) is 3.52. The SMILES string of the molecule is Cc1ccnc(Nc2ncnc(Nc3ccc(F)cc3)c2N)c1. The summed E-state index contributed by atoms with van der Waals surface area (Å²) < 4.78 is 12.9. The van der Waals surface area contributed by atoms with Crippen LogP contribution in [-0.4, -0.2) is 15.0 Å². The van der Waals surface area contributed by atoms with Crippen molar-refractivity contribution in [2.75, 3.05) is 16.4 Å². The lowest BCUT2D eigenvalue weighted by Gasteiger charge is -2.12. The zero-order chi connectivity index (χ0) is 16.2. The first-order chi connectivity index (χ1) is 11.1. The number of nitrogen functional groups attached to an aromatic ring is 1. The van der Waals surface area contributed by atoms with Crippen molar-refractivity contribution in [1.29, 1.82) is 0 Å². The summed E-state index contributed by atoms with van der Waals surface area (Å²) in [6, 6.07) is 9.70. The second-order valence-corrected chi connectivity index (χ2v) is 4.96. The van der Waals surface area contributed by atoms with Crippen LogP contribution in [0.1, 0.15) is 5.56 Å². The van der Waals surface area contributed by atoms with E-state index in [1.54, 1.807) is 18.3 Å². The first-order valence-electron chi connectivity index (χ1n) is 6.94. The minimum atomic E-state index is -0.306. The van der Waals surface area contributed by atoms with Crippen LogP contribution >= 0.6 is 0 Å². The predicted octanol–water partition coefficient (Wildman–Crippen LogP) is 3.39. The maximum Gasteiger partial charge on any atom is 0.160 e. The maximum absolute atomic E-state index is 12.9. The Morgan fingerprint density at radius 3 is 2.35 bits per heavy atom. The first kappa shape index (κ1) is 14.7. The Morgan fingerprint density at radius 1 is 0.957 bits per heavy atom. The van der Waals surface area contributed by atoms with E-state index < -0.39 is 0 Å². The number of halogens is 1. The summed E-state index contributed by atoms with van der Waals surface area (Å²) in [4.78, 5) is 12.5. The standard InChI is InChI=1S/C16H15FN6/c1-10-6-7-19-13(8-10)23-16-14(18)15(20-9-21-16)22-12-4-2-11(17)3-5-12/h2-9H,18H2,1H3,(H2,19,20,21,22,23). The van der Waals surface area contributed by atoms with Gasteiger partial charge in [-0.2, -0.15) is 0 Å². The van der Waals surface area contributed by atoms with Gasteiger partial charge in [-0.25, -0.2) is 19.3 Å². The van der Waals surface area contributed by atoms with Crippen LogP contribution < -0.4 is 16.4 Å². The van der Waals surface area contributed by atoms with E-state index >= 15 is 0 Å². The summed E-state index contributed by atoms with van der Waals surface area (Å²) in [5.74, 6) is 1.21. The van der Waals surface area contributed by atoms with E-state index in [4.69, 9.17) is 5.73 Å². The van der Waals surface area contributed by atoms with Gasteiger partial charge in [-0.3, -0.25) is 0 Å². The molecule has 0 saturated heterocycles. The highest BCUT2D eigenvalue weighted by Crippen LogP contribution is 2.27. The lowest BCUT2D eigenvalue weighted by molar-refractivity contribution is 0.628. The van der Waals surface area contributed by atoms with Gasteiger partial charge in [0, 0.05) is 11.9 Å². The van der Waals surface area contributed by atoms with Crippen LogP contribution in [0.2, 0.25) is 0 Å². The number of nitrogens with one attached hydrogen (secondary N) is 2. The van der Waals surface area contributed by atoms with Gasteiger partial charge in [0.2, 0.25) is 0 Å². The minimum Gasteiger partial charge on any atom is -0.393 e. The zero-order valence-corrected chi connectivity index (χ0v) is 12.4. The predicted molar refractivity (Wildman–Crippen MR) is 88.4 cm³/mol. The van der Waals surface area contributed by atoms with E-state index in [0.29, 0.717) is 28.8 Å². The van der Waals surface area contributed by atoms with Crippen LogP contribution in [0.25, 0.3) is 0 Å². The molecule has 0 unspecified atom stereocenters. The van der Waals surface area contributed by atoms with Crippen molar-refractivity contribution in [1.82, 2.24) is 15.0 Å². The highest BCUT2D eigenvalue weighted by Gasteiger charge is 2.09. The number of hydrogen-bond donors (Lipinski definition) is 3. The largest absolute Gasteiger partial charge is 0.393 e. The fourth-order valence-corrected chi connectivity index (χ4v) is 1.99. The van der Waals surface area contributed by atoms with E-state index in [9.17, 15) is 4.39 Å². The van der Waals surface area contributed by atoms with Gasteiger partial charge in [0.15, 0.2) is 11.6 Å². The highest BCUT2D eigenvalue weighted by atomic mass is 19.1. The van der Waals surface area contributed by atoms with Crippen molar-refractivity contribution >= 4 is 28.8 Å². The zero-order valence-electron chi connectivity index (χ0n) is 12.4. The molecule has 0 bridgehead atoms. The summed E-state index contributed by atoms with van der Waals surface area (Å²) in [7, 11) is 0. The van der Waals surface area contributed by atoms with Gasteiger partial charge >= 0.3 is 0 Å². The number of nitrogens with two attached hydrogens (primary N) is 1. The molecule has 2 heterocycles. The van der Waals surface area contributed by atoms with E-state index in [-0.39, 0.29) is 5.82 Å². The van der Waals surface area contributed by atoms with Gasteiger partial charge in [0.05, 0.1) is 0 Å². The quantitative estimate of drug-likeness (QED) is 0.684. The summed E-state index contributed by atoms with van der Waals surface area (Å²) in [5.41, 5.74) is 8.19. The summed E-state index contributed by atoms with van der Waals surface area (Å²) in [6.45, 7) is 1.97. The second kappa shape index (κ2) is 6.27. The number of aryl methyl sites for hydroxylation is 1. The second-order valence-electron chi connectivity index (χ2n) is 4.96. The summed E-state index contributed by atoms with van der Waals surface area (Å²) >= 11 is 0. The Hall–Kier alpha value is -3.22. The monoisotopic (exact) mass is 310 g/mol. The Bertz CT molecular complexity index is 819. The average Bonchev–Trinajstić information content (AvgIpc) is 2.53. The molecule has 2 aromatic heterocycles. The molecule has 116 valence electrons. The molecule has 0 spiro atoms. The fourth-order valence-electron chi connectivity index (χ4n) is 1.99. The molecule has 3 rings (SSSR count). The van der Waals surface area contributed by atoms with Gasteiger partial charge in [-0.1, -0.05) is 0 Å². The van der Waals surface area contributed by atoms with Crippen molar-refractivity contribution in [2.24, 2.45) is 0 Å². The Morgan fingerprint density at radius 2 is 1.65 bits per heavy atom. The van der Waals surface area contributed by atoms with Gasteiger partial charge in [-0.05, 0) is 48.9 Å². The molecule has 3 aromatic rings. The third-order valence-corrected chi connectivity index (χ3v) is 3.15. The van der Waals surface area contributed by atoms with Crippen LogP contribution in [0.4, 0.5) is 33.2 Å². The lowest BCUT2D eigenvalue weighted by atomic mass is 10.3. The molecule has 0 aliphatic carbocycles. The topological polar surface area (TPSA) is 88.8 Å². The third-order valence-electron chi connectivity index (χ3n) is 3.15. The van der Waals surface area contributed by atoms with E-state index in [2.05, 4.69) is 25.6 Å². The van der Waals surface area contributed by atoms with E-state index in [1.807, 2.05) is 19.1 Å². The van der Waals surface area contributed by atoms with Gasteiger partial charge in [-0.15, -0.1) is 0 Å². The Labute approximate surface area is 132 Å². The molecular formula is C16H15FN6. The summed E-state index contributed by atoms with van der Waals surface area (Å²) in [5, 5.41) is 6.09. The molecule has 4 N–H and O–H groups in total. The van der Waals surface area contributed by atoms with Crippen molar-refractivity contribution in [3.63, 3.8) is 0 Å². The number of rotatable bonds is 4.